The maximum atomic E-state index is 8.92. The normalized spacial score (nSPS) is 34.3. The molecule has 1 unspecified atom stereocenters. The number of rotatable bonds is 0. The summed E-state index contributed by atoms with van der Waals surface area (Å²) >= 11 is 0. The largest absolute Gasteiger partial charge is 0.305 e. The van der Waals surface area contributed by atoms with Gasteiger partial charge in [-0.2, -0.15) is 5.26 Å². The topological polar surface area (TPSA) is 27.0 Å². The van der Waals surface area contributed by atoms with Crippen molar-refractivity contribution in [1.29, 1.82) is 5.26 Å². The number of hydrogen-bond donors (Lipinski definition) is 0. The van der Waals surface area contributed by atoms with Crippen molar-refractivity contribution in [1.82, 2.24) is 4.90 Å². The molecule has 1 rings (SSSR count). The molecule has 0 aromatic heterocycles. The highest BCUT2D eigenvalue weighted by atomic mass is 15.1. The van der Waals surface area contributed by atoms with E-state index >= 15 is 0 Å². The van der Waals surface area contributed by atoms with E-state index in [0.29, 0.717) is 0 Å². The highest BCUT2D eigenvalue weighted by Gasteiger charge is 2.27. The molecule has 1 atom stereocenters. The average molecular weight is 152 g/mol. The summed E-state index contributed by atoms with van der Waals surface area (Å²) in [5, 5.41) is 8.92. The van der Waals surface area contributed by atoms with Crippen LogP contribution in [0.25, 0.3) is 0 Å². The van der Waals surface area contributed by atoms with Gasteiger partial charge >= 0.3 is 0 Å². The van der Waals surface area contributed by atoms with Gasteiger partial charge in [-0.15, -0.1) is 0 Å². The third-order valence-corrected chi connectivity index (χ3v) is 2.41. The van der Waals surface area contributed by atoms with Crippen molar-refractivity contribution < 1.29 is 0 Å². The predicted octanol–water partition coefficient (Wildman–Crippen LogP) is 1.63. The minimum atomic E-state index is -0.0920. The van der Waals surface area contributed by atoms with Crippen LogP contribution in [0.4, 0.5) is 0 Å². The molecular formula is C9H16N2. The summed E-state index contributed by atoms with van der Waals surface area (Å²) in [7, 11) is 2.10. The van der Waals surface area contributed by atoms with E-state index in [1.165, 1.54) is 12.8 Å². The third kappa shape index (κ3) is 2.20. The Morgan fingerprint density at radius 2 is 2.18 bits per heavy atom. The van der Waals surface area contributed by atoms with Crippen LogP contribution in [0, 0.1) is 16.7 Å². The fourth-order valence-corrected chi connectivity index (χ4v) is 1.74. The summed E-state index contributed by atoms with van der Waals surface area (Å²) in [5.74, 6) is 0. The average Bonchev–Trinajstić information content (AvgIpc) is 2.13. The molecule has 1 fully saturated rings. The lowest BCUT2D eigenvalue weighted by molar-refractivity contribution is 0.263. The minimum absolute atomic E-state index is 0.0920. The summed E-state index contributed by atoms with van der Waals surface area (Å²) in [6.45, 7) is 4.15. The lowest BCUT2D eigenvalue weighted by Gasteiger charge is -2.23. The Kier molecular flexibility index (Phi) is 2.51. The van der Waals surface area contributed by atoms with E-state index in [0.717, 1.165) is 19.5 Å². The molecule has 0 amide bonds. The van der Waals surface area contributed by atoms with Crippen LogP contribution in [0.2, 0.25) is 0 Å². The molecular weight excluding hydrogens is 136 g/mol. The first-order valence-corrected chi connectivity index (χ1v) is 4.26. The van der Waals surface area contributed by atoms with Crippen LogP contribution in [0.15, 0.2) is 0 Å². The standard InChI is InChI=1S/C9H16N2/c1-9(7-10)5-3-4-6-11(2)8-9/h3-6,8H2,1-2H3. The molecule has 11 heavy (non-hydrogen) atoms. The number of nitriles is 1. The smallest absolute Gasteiger partial charge is 0.0700 e. The highest BCUT2D eigenvalue weighted by molar-refractivity contribution is 4.98. The van der Waals surface area contributed by atoms with Crippen LogP contribution in [-0.4, -0.2) is 25.0 Å². The highest BCUT2D eigenvalue weighted by Crippen LogP contribution is 2.26. The molecule has 0 aliphatic carbocycles. The first kappa shape index (κ1) is 8.55. The van der Waals surface area contributed by atoms with Crippen LogP contribution >= 0.6 is 0 Å². The maximum Gasteiger partial charge on any atom is 0.0700 e. The Balaban J connectivity index is 2.60. The van der Waals surface area contributed by atoms with Crippen molar-refractivity contribution in [3.8, 4) is 6.07 Å². The van der Waals surface area contributed by atoms with Crippen LogP contribution in [-0.2, 0) is 0 Å². The van der Waals surface area contributed by atoms with Gasteiger partial charge in [0.05, 0.1) is 11.5 Å². The molecule has 0 radical (unpaired) electrons. The number of nitrogens with zero attached hydrogens (tertiary/aromatic N) is 2. The monoisotopic (exact) mass is 152 g/mol. The van der Waals surface area contributed by atoms with E-state index in [-0.39, 0.29) is 5.41 Å². The molecule has 2 nitrogen and oxygen atoms in total. The van der Waals surface area contributed by atoms with Gasteiger partial charge in [-0.3, -0.25) is 0 Å². The van der Waals surface area contributed by atoms with Crippen LogP contribution < -0.4 is 0 Å². The fraction of sp³-hybridized carbons (Fsp3) is 0.889. The molecule has 2 heteroatoms. The Labute approximate surface area is 68.8 Å². The van der Waals surface area contributed by atoms with E-state index in [9.17, 15) is 0 Å². The Bertz CT molecular complexity index is 171. The van der Waals surface area contributed by atoms with Gasteiger partial charge < -0.3 is 4.90 Å². The quantitative estimate of drug-likeness (QED) is 0.527. The lowest BCUT2D eigenvalue weighted by Crippen LogP contribution is -2.30. The van der Waals surface area contributed by atoms with Gasteiger partial charge in [-0.1, -0.05) is 6.42 Å². The van der Waals surface area contributed by atoms with Crippen LogP contribution in [0.5, 0.6) is 0 Å². The van der Waals surface area contributed by atoms with E-state index in [2.05, 4.69) is 24.9 Å². The van der Waals surface area contributed by atoms with Crippen molar-refractivity contribution in [3.05, 3.63) is 0 Å². The predicted molar refractivity (Wildman–Crippen MR) is 45.1 cm³/mol. The first-order chi connectivity index (χ1) is 5.16. The number of hydrogen-bond acceptors (Lipinski definition) is 2. The first-order valence-electron chi connectivity index (χ1n) is 4.26. The third-order valence-electron chi connectivity index (χ3n) is 2.41. The maximum absolute atomic E-state index is 8.92. The molecule has 1 aliphatic heterocycles. The SMILES string of the molecule is CN1CCCCC(C)(C#N)C1. The minimum Gasteiger partial charge on any atom is -0.305 e. The molecule has 1 saturated heterocycles. The van der Waals surface area contributed by atoms with Crippen molar-refractivity contribution in [2.24, 2.45) is 5.41 Å². The van der Waals surface area contributed by atoms with E-state index in [4.69, 9.17) is 5.26 Å². The summed E-state index contributed by atoms with van der Waals surface area (Å²) in [5.41, 5.74) is -0.0920. The Morgan fingerprint density at radius 3 is 2.82 bits per heavy atom. The van der Waals surface area contributed by atoms with Gasteiger partial charge in [0.2, 0.25) is 0 Å². The molecule has 0 spiro atoms. The fourth-order valence-electron chi connectivity index (χ4n) is 1.74. The zero-order chi connectivity index (χ0) is 8.32. The van der Waals surface area contributed by atoms with Gasteiger partial charge in [-0.25, -0.2) is 0 Å². The molecule has 0 bridgehead atoms. The van der Waals surface area contributed by atoms with Crippen molar-refractivity contribution in [3.63, 3.8) is 0 Å². The Morgan fingerprint density at radius 1 is 1.45 bits per heavy atom. The van der Waals surface area contributed by atoms with Crippen LogP contribution in [0.3, 0.4) is 0 Å². The molecule has 0 saturated carbocycles. The molecule has 0 aromatic rings. The zero-order valence-electron chi connectivity index (χ0n) is 7.43. The van der Waals surface area contributed by atoms with E-state index < -0.39 is 0 Å². The molecule has 1 heterocycles. The molecule has 62 valence electrons. The second-order valence-corrected chi connectivity index (χ2v) is 3.87. The van der Waals surface area contributed by atoms with Crippen LogP contribution in [0.1, 0.15) is 26.2 Å². The van der Waals surface area contributed by atoms with Gasteiger partial charge in [0.15, 0.2) is 0 Å². The van der Waals surface area contributed by atoms with Crippen molar-refractivity contribution in [2.75, 3.05) is 20.1 Å². The van der Waals surface area contributed by atoms with E-state index in [1.54, 1.807) is 0 Å². The molecule has 1 aliphatic rings. The van der Waals surface area contributed by atoms with Gasteiger partial charge in [0.25, 0.3) is 0 Å². The second kappa shape index (κ2) is 3.23. The second-order valence-electron chi connectivity index (χ2n) is 3.87. The van der Waals surface area contributed by atoms with Crippen molar-refractivity contribution in [2.45, 2.75) is 26.2 Å². The molecule has 0 N–H and O–H groups in total. The van der Waals surface area contributed by atoms with Gasteiger partial charge in [0.1, 0.15) is 0 Å². The number of likely N-dealkylation sites (tertiary alicyclic amines) is 1. The lowest BCUT2D eigenvalue weighted by atomic mass is 9.87. The zero-order valence-corrected chi connectivity index (χ0v) is 7.43. The van der Waals surface area contributed by atoms with Gasteiger partial charge in [-0.05, 0) is 33.4 Å². The van der Waals surface area contributed by atoms with E-state index in [1.807, 2.05) is 0 Å². The summed E-state index contributed by atoms with van der Waals surface area (Å²) in [6, 6.07) is 2.41. The summed E-state index contributed by atoms with van der Waals surface area (Å²) in [6.07, 6.45) is 3.51. The Hall–Kier alpha value is -0.550. The molecule has 0 aromatic carbocycles. The summed E-state index contributed by atoms with van der Waals surface area (Å²) < 4.78 is 0. The summed E-state index contributed by atoms with van der Waals surface area (Å²) in [4.78, 5) is 2.26. The van der Waals surface area contributed by atoms with Gasteiger partial charge in [0, 0.05) is 6.54 Å². The van der Waals surface area contributed by atoms with Crippen molar-refractivity contribution >= 4 is 0 Å².